The van der Waals surface area contributed by atoms with Crippen LogP contribution in [0.25, 0.3) is 22.3 Å². The van der Waals surface area contributed by atoms with Crippen LogP contribution >= 0.6 is 0 Å². The van der Waals surface area contributed by atoms with Gasteiger partial charge in [-0.15, -0.1) is 0 Å². The van der Waals surface area contributed by atoms with E-state index >= 15 is 0 Å². The van der Waals surface area contributed by atoms with E-state index in [1.165, 1.54) is 33.5 Å². The number of allylic oxidation sites excluding steroid dienone is 3. The van der Waals surface area contributed by atoms with E-state index in [0.29, 0.717) is 5.92 Å². The summed E-state index contributed by atoms with van der Waals surface area (Å²) in [4.78, 5) is 2.36. The molecule has 5 aromatic rings. The van der Waals surface area contributed by atoms with Crippen LogP contribution in [0, 0.1) is 0 Å². The van der Waals surface area contributed by atoms with Crippen LogP contribution in [-0.4, -0.2) is 0 Å². The van der Waals surface area contributed by atoms with Gasteiger partial charge in [0.2, 0.25) is 0 Å². The Morgan fingerprint density at radius 1 is 0.459 bits per heavy atom. The molecule has 0 N–H and O–H groups in total. The summed E-state index contributed by atoms with van der Waals surface area (Å²) in [5.41, 5.74) is 9.78. The van der Waals surface area contributed by atoms with Crippen LogP contribution in [0.4, 0.5) is 11.4 Å². The third-order valence-electron chi connectivity index (χ3n) is 7.03. The Labute approximate surface area is 219 Å². The molecule has 0 aliphatic heterocycles. The molecule has 1 aliphatic carbocycles. The molecule has 0 amide bonds. The molecule has 0 heterocycles. The molecule has 0 aromatic heterocycles. The fourth-order valence-electron chi connectivity index (χ4n) is 5.04. The van der Waals surface area contributed by atoms with Crippen LogP contribution in [0.5, 0.6) is 0 Å². The van der Waals surface area contributed by atoms with Crippen molar-refractivity contribution in [3.05, 3.63) is 169 Å². The summed E-state index contributed by atoms with van der Waals surface area (Å²) in [6.45, 7) is 0. The molecule has 1 heteroatoms. The van der Waals surface area contributed by atoms with Crippen LogP contribution in [0.15, 0.2) is 163 Å². The highest BCUT2D eigenvalue weighted by Gasteiger charge is 2.18. The van der Waals surface area contributed by atoms with Gasteiger partial charge in [-0.2, -0.15) is 0 Å². The van der Waals surface area contributed by atoms with E-state index < -0.39 is 0 Å². The molecule has 6 rings (SSSR count). The van der Waals surface area contributed by atoms with E-state index in [0.717, 1.165) is 17.8 Å². The molecular weight excluding hydrogens is 446 g/mol. The molecule has 1 unspecified atom stereocenters. The Morgan fingerprint density at radius 2 is 0.892 bits per heavy atom. The van der Waals surface area contributed by atoms with Gasteiger partial charge < -0.3 is 4.90 Å². The molecule has 1 aliphatic rings. The van der Waals surface area contributed by atoms with Crippen molar-refractivity contribution < 1.29 is 0 Å². The topological polar surface area (TPSA) is 3.24 Å². The average Bonchev–Trinajstić information content (AvgIpc) is 3.00. The van der Waals surface area contributed by atoms with Gasteiger partial charge in [-0.25, -0.2) is 0 Å². The maximum Gasteiger partial charge on any atom is 0.0461 e. The van der Waals surface area contributed by atoms with Gasteiger partial charge in [0.05, 0.1) is 0 Å². The Balaban J connectivity index is 1.34. The SMILES string of the molecule is C1=CC(c2ccccc2)CC=C1N(c1ccc(-c2ccccc2)cc1)c1ccc(-c2ccccc2)cc1. The van der Waals surface area contributed by atoms with E-state index in [4.69, 9.17) is 0 Å². The smallest absolute Gasteiger partial charge is 0.0461 e. The summed E-state index contributed by atoms with van der Waals surface area (Å²) in [7, 11) is 0. The zero-order valence-electron chi connectivity index (χ0n) is 20.7. The van der Waals surface area contributed by atoms with Crippen LogP contribution in [-0.2, 0) is 0 Å². The Bertz CT molecular complexity index is 1410. The molecule has 0 saturated heterocycles. The minimum atomic E-state index is 0.410. The summed E-state index contributed by atoms with van der Waals surface area (Å²) in [5, 5.41) is 0. The molecule has 0 fully saturated rings. The third-order valence-corrected chi connectivity index (χ3v) is 7.03. The van der Waals surface area contributed by atoms with Crippen molar-refractivity contribution >= 4 is 11.4 Å². The lowest BCUT2D eigenvalue weighted by molar-refractivity contribution is 0.840. The van der Waals surface area contributed by atoms with Gasteiger partial charge in [-0.1, -0.05) is 127 Å². The quantitative estimate of drug-likeness (QED) is 0.236. The number of hydrogen-bond acceptors (Lipinski definition) is 1. The van der Waals surface area contributed by atoms with Crippen LogP contribution in [0.3, 0.4) is 0 Å². The highest BCUT2D eigenvalue weighted by atomic mass is 15.1. The zero-order chi connectivity index (χ0) is 24.9. The second-order valence-electron chi connectivity index (χ2n) is 9.40. The Kier molecular flexibility index (Phi) is 6.51. The molecule has 5 aromatic carbocycles. The average molecular weight is 476 g/mol. The molecule has 0 radical (unpaired) electrons. The monoisotopic (exact) mass is 475 g/mol. The second kappa shape index (κ2) is 10.6. The predicted octanol–water partition coefficient (Wildman–Crippen LogP) is 9.79. The molecular formula is C36H29N. The first-order valence-corrected chi connectivity index (χ1v) is 12.9. The van der Waals surface area contributed by atoms with Gasteiger partial charge >= 0.3 is 0 Å². The standard InChI is InChI=1S/C36H29N/c1-4-10-28(11-5-1)31-16-22-34(23-17-31)37(35-24-18-32(19-25-35)29-12-6-2-7-13-29)36-26-20-33(21-27-36)30-14-8-3-9-15-30/h1-20,22-27,33H,21H2. The summed E-state index contributed by atoms with van der Waals surface area (Å²) in [6, 6.07) is 49.6. The van der Waals surface area contributed by atoms with Crippen molar-refractivity contribution in [2.24, 2.45) is 0 Å². The van der Waals surface area contributed by atoms with Crippen molar-refractivity contribution in [2.45, 2.75) is 12.3 Å². The number of rotatable bonds is 6. The first-order chi connectivity index (χ1) is 18.3. The summed E-state index contributed by atoms with van der Waals surface area (Å²) >= 11 is 0. The highest BCUT2D eigenvalue weighted by molar-refractivity contribution is 5.76. The molecule has 37 heavy (non-hydrogen) atoms. The van der Waals surface area contributed by atoms with Crippen molar-refractivity contribution in [3.8, 4) is 22.3 Å². The number of nitrogens with zero attached hydrogens (tertiary/aromatic N) is 1. The summed E-state index contributed by atoms with van der Waals surface area (Å²) in [5.74, 6) is 0.410. The van der Waals surface area contributed by atoms with Gasteiger partial charge in [0, 0.05) is 23.0 Å². The third kappa shape index (κ3) is 5.03. The molecule has 0 bridgehead atoms. The van der Waals surface area contributed by atoms with Crippen molar-refractivity contribution in [3.63, 3.8) is 0 Å². The lowest BCUT2D eigenvalue weighted by Gasteiger charge is -2.29. The van der Waals surface area contributed by atoms with Crippen LogP contribution in [0.1, 0.15) is 17.9 Å². The number of hydrogen-bond donors (Lipinski definition) is 0. The van der Waals surface area contributed by atoms with Crippen LogP contribution in [0.2, 0.25) is 0 Å². The minimum absolute atomic E-state index is 0.410. The van der Waals surface area contributed by atoms with Crippen molar-refractivity contribution in [2.75, 3.05) is 4.90 Å². The maximum absolute atomic E-state index is 2.37. The lowest BCUT2D eigenvalue weighted by atomic mass is 9.91. The van der Waals surface area contributed by atoms with Gasteiger partial charge in [-0.3, -0.25) is 0 Å². The largest absolute Gasteiger partial charge is 0.311 e. The minimum Gasteiger partial charge on any atom is -0.311 e. The van der Waals surface area contributed by atoms with Crippen LogP contribution < -0.4 is 4.90 Å². The fraction of sp³-hybridized carbons (Fsp3) is 0.0556. The summed E-state index contributed by atoms with van der Waals surface area (Å²) < 4.78 is 0. The first kappa shape index (κ1) is 22.8. The number of anilines is 2. The lowest BCUT2D eigenvalue weighted by Crippen LogP contribution is -2.17. The molecule has 0 saturated carbocycles. The fourth-order valence-corrected chi connectivity index (χ4v) is 5.04. The van der Waals surface area contributed by atoms with Crippen molar-refractivity contribution in [1.82, 2.24) is 0 Å². The highest BCUT2D eigenvalue weighted by Crippen LogP contribution is 2.36. The Morgan fingerprint density at radius 3 is 1.32 bits per heavy atom. The van der Waals surface area contributed by atoms with Gasteiger partial charge in [-0.05, 0) is 64.6 Å². The predicted molar refractivity (Wildman–Crippen MR) is 157 cm³/mol. The van der Waals surface area contributed by atoms with E-state index in [-0.39, 0.29) is 0 Å². The summed E-state index contributed by atoms with van der Waals surface area (Å²) in [6.07, 6.45) is 7.97. The van der Waals surface area contributed by atoms with E-state index in [1.807, 2.05) is 0 Å². The van der Waals surface area contributed by atoms with E-state index in [2.05, 4.69) is 163 Å². The molecule has 1 nitrogen and oxygen atoms in total. The molecule has 1 atom stereocenters. The Hall–Kier alpha value is -4.62. The van der Waals surface area contributed by atoms with E-state index in [1.54, 1.807) is 0 Å². The van der Waals surface area contributed by atoms with Gasteiger partial charge in [0.1, 0.15) is 0 Å². The number of benzene rings is 5. The molecule has 178 valence electrons. The van der Waals surface area contributed by atoms with E-state index in [9.17, 15) is 0 Å². The zero-order valence-corrected chi connectivity index (χ0v) is 20.7. The maximum atomic E-state index is 2.37. The normalized spacial score (nSPS) is 14.7. The molecule has 0 spiro atoms. The van der Waals surface area contributed by atoms with Gasteiger partial charge in [0.15, 0.2) is 0 Å². The van der Waals surface area contributed by atoms with Gasteiger partial charge in [0.25, 0.3) is 0 Å². The van der Waals surface area contributed by atoms with Crippen molar-refractivity contribution in [1.29, 1.82) is 0 Å². The second-order valence-corrected chi connectivity index (χ2v) is 9.40. The first-order valence-electron chi connectivity index (χ1n) is 12.9.